The minimum Gasteiger partial charge on any atom is -0.479 e. The van der Waals surface area contributed by atoms with Gasteiger partial charge in [-0.3, -0.25) is 4.79 Å². The second-order valence-corrected chi connectivity index (χ2v) is 5.72. The summed E-state index contributed by atoms with van der Waals surface area (Å²) in [5.41, 5.74) is 2.96. The lowest BCUT2D eigenvalue weighted by Gasteiger charge is -2.33. The molecule has 2 aromatic rings. The van der Waals surface area contributed by atoms with E-state index in [1.165, 1.54) is 0 Å². The molecule has 2 aromatic carbocycles. The Morgan fingerprint density at radius 3 is 2.62 bits per heavy atom. The summed E-state index contributed by atoms with van der Waals surface area (Å²) < 4.78 is 5.67. The summed E-state index contributed by atoms with van der Waals surface area (Å²) >= 11 is 5.91. The second-order valence-electron chi connectivity index (χ2n) is 5.28. The van der Waals surface area contributed by atoms with Crippen LogP contribution in [0.5, 0.6) is 5.75 Å². The maximum absolute atomic E-state index is 12.4. The maximum Gasteiger partial charge on any atom is 0.268 e. The number of ether oxygens (including phenoxy) is 1. The fraction of sp³-hybridized carbons (Fsp3) is 0.235. The zero-order valence-corrected chi connectivity index (χ0v) is 12.7. The van der Waals surface area contributed by atoms with Crippen LogP contribution < -0.4 is 9.64 Å². The van der Waals surface area contributed by atoms with Crippen LogP contribution >= 0.6 is 11.6 Å². The van der Waals surface area contributed by atoms with Gasteiger partial charge in [0, 0.05) is 5.02 Å². The van der Waals surface area contributed by atoms with Crippen molar-refractivity contribution in [1.29, 1.82) is 0 Å². The van der Waals surface area contributed by atoms with Crippen molar-refractivity contribution in [3.05, 3.63) is 58.6 Å². The first-order valence-corrected chi connectivity index (χ1v) is 7.25. The fourth-order valence-corrected chi connectivity index (χ4v) is 2.58. The number of hydrogen-bond acceptors (Lipinski definition) is 2. The van der Waals surface area contributed by atoms with E-state index in [2.05, 4.69) is 0 Å². The Hall–Kier alpha value is -2.00. The third-order valence-electron chi connectivity index (χ3n) is 3.58. The smallest absolute Gasteiger partial charge is 0.268 e. The molecule has 0 saturated carbocycles. The molecule has 1 heterocycles. The van der Waals surface area contributed by atoms with Gasteiger partial charge in [-0.25, -0.2) is 0 Å². The van der Waals surface area contributed by atoms with E-state index < -0.39 is 6.10 Å². The Morgan fingerprint density at radius 2 is 1.90 bits per heavy atom. The van der Waals surface area contributed by atoms with Gasteiger partial charge in [0.1, 0.15) is 5.75 Å². The van der Waals surface area contributed by atoms with Crippen LogP contribution in [-0.2, 0) is 11.3 Å². The lowest BCUT2D eigenvalue weighted by molar-refractivity contribution is -0.125. The summed E-state index contributed by atoms with van der Waals surface area (Å²) in [4.78, 5) is 14.2. The zero-order chi connectivity index (χ0) is 15.0. The average Bonchev–Trinajstić information content (AvgIpc) is 2.47. The number of rotatable bonds is 2. The summed E-state index contributed by atoms with van der Waals surface area (Å²) in [7, 11) is 0. The standard InChI is InChI=1S/C17H16ClNO2/c1-11-3-8-16-15(9-11)19(17(20)12(2)21-16)10-13-4-6-14(18)7-5-13/h3-9,12H,10H2,1-2H3/t12-/m1/s1. The molecule has 0 saturated heterocycles. The molecule has 1 aliphatic heterocycles. The molecule has 1 atom stereocenters. The highest BCUT2D eigenvalue weighted by Gasteiger charge is 2.31. The van der Waals surface area contributed by atoms with Crippen molar-refractivity contribution in [1.82, 2.24) is 0 Å². The molecule has 0 unspecified atom stereocenters. The Bertz CT molecular complexity index is 682. The highest BCUT2D eigenvalue weighted by Crippen LogP contribution is 2.35. The van der Waals surface area contributed by atoms with E-state index in [0.29, 0.717) is 11.6 Å². The normalized spacial score (nSPS) is 17.4. The first kappa shape index (κ1) is 14.0. The van der Waals surface area contributed by atoms with Crippen molar-refractivity contribution in [2.24, 2.45) is 0 Å². The Kier molecular flexibility index (Phi) is 3.60. The lowest BCUT2D eigenvalue weighted by Crippen LogP contribution is -2.44. The molecule has 1 aliphatic rings. The number of carbonyl (C=O) groups excluding carboxylic acids is 1. The number of fused-ring (bicyclic) bond motifs is 1. The molecule has 3 rings (SSSR count). The number of nitrogens with zero attached hydrogens (tertiary/aromatic N) is 1. The number of hydrogen-bond donors (Lipinski definition) is 0. The van der Waals surface area contributed by atoms with Crippen molar-refractivity contribution in [2.45, 2.75) is 26.5 Å². The predicted octanol–water partition coefficient (Wildman–Crippen LogP) is 3.96. The molecule has 1 amide bonds. The van der Waals surface area contributed by atoms with Crippen LogP contribution in [0.25, 0.3) is 0 Å². The van der Waals surface area contributed by atoms with E-state index in [-0.39, 0.29) is 5.91 Å². The van der Waals surface area contributed by atoms with Gasteiger partial charge >= 0.3 is 0 Å². The van der Waals surface area contributed by atoms with Crippen molar-refractivity contribution in [3.63, 3.8) is 0 Å². The topological polar surface area (TPSA) is 29.5 Å². The summed E-state index contributed by atoms with van der Waals surface area (Å²) in [5.74, 6) is 0.727. The lowest BCUT2D eigenvalue weighted by atomic mass is 10.1. The number of halogens is 1. The highest BCUT2D eigenvalue weighted by molar-refractivity contribution is 6.30. The Balaban J connectivity index is 1.98. The van der Waals surface area contributed by atoms with Crippen LogP contribution in [0.3, 0.4) is 0 Å². The quantitative estimate of drug-likeness (QED) is 0.840. The predicted molar refractivity (Wildman–Crippen MR) is 83.9 cm³/mol. The summed E-state index contributed by atoms with van der Waals surface area (Å²) in [5, 5.41) is 0.691. The molecule has 0 aliphatic carbocycles. The van der Waals surface area contributed by atoms with Crippen molar-refractivity contribution >= 4 is 23.2 Å². The molecule has 3 nitrogen and oxygen atoms in total. The van der Waals surface area contributed by atoms with Crippen LogP contribution in [0.1, 0.15) is 18.1 Å². The van der Waals surface area contributed by atoms with E-state index in [1.54, 1.807) is 11.8 Å². The van der Waals surface area contributed by atoms with Gasteiger partial charge in [0.25, 0.3) is 5.91 Å². The van der Waals surface area contributed by atoms with Gasteiger partial charge in [0.15, 0.2) is 6.10 Å². The first-order chi connectivity index (χ1) is 10.0. The monoisotopic (exact) mass is 301 g/mol. The molecule has 0 aromatic heterocycles. The molecular formula is C17H16ClNO2. The summed E-state index contributed by atoms with van der Waals surface area (Å²) in [6.07, 6.45) is -0.465. The largest absolute Gasteiger partial charge is 0.479 e. The molecule has 21 heavy (non-hydrogen) atoms. The highest BCUT2D eigenvalue weighted by atomic mass is 35.5. The van der Waals surface area contributed by atoms with Crippen LogP contribution in [0.4, 0.5) is 5.69 Å². The molecule has 0 bridgehead atoms. The third kappa shape index (κ3) is 2.74. The van der Waals surface area contributed by atoms with Gasteiger partial charge in [-0.2, -0.15) is 0 Å². The molecule has 0 N–H and O–H groups in total. The minimum absolute atomic E-state index is 0.0250. The molecular weight excluding hydrogens is 286 g/mol. The molecule has 108 valence electrons. The van der Waals surface area contributed by atoms with Crippen molar-refractivity contribution in [2.75, 3.05) is 4.90 Å². The van der Waals surface area contributed by atoms with E-state index in [0.717, 1.165) is 22.6 Å². The average molecular weight is 302 g/mol. The number of benzene rings is 2. The van der Waals surface area contributed by atoms with Gasteiger partial charge < -0.3 is 9.64 Å². The Morgan fingerprint density at radius 1 is 1.19 bits per heavy atom. The van der Waals surface area contributed by atoms with Crippen LogP contribution in [0.2, 0.25) is 5.02 Å². The second kappa shape index (κ2) is 5.41. The summed E-state index contributed by atoms with van der Waals surface area (Å²) in [6.45, 7) is 4.30. The summed E-state index contributed by atoms with van der Waals surface area (Å²) in [6, 6.07) is 13.4. The van der Waals surface area contributed by atoms with Gasteiger partial charge in [0.2, 0.25) is 0 Å². The third-order valence-corrected chi connectivity index (χ3v) is 3.83. The fourth-order valence-electron chi connectivity index (χ4n) is 2.45. The van der Waals surface area contributed by atoms with Crippen LogP contribution in [0.15, 0.2) is 42.5 Å². The van der Waals surface area contributed by atoms with Gasteiger partial charge in [-0.15, -0.1) is 0 Å². The molecule has 0 radical (unpaired) electrons. The Labute approximate surface area is 129 Å². The molecule has 0 spiro atoms. The van der Waals surface area contributed by atoms with Crippen LogP contribution in [0, 0.1) is 6.92 Å². The van der Waals surface area contributed by atoms with E-state index in [4.69, 9.17) is 16.3 Å². The van der Waals surface area contributed by atoms with Crippen LogP contribution in [-0.4, -0.2) is 12.0 Å². The zero-order valence-electron chi connectivity index (χ0n) is 12.0. The maximum atomic E-state index is 12.4. The molecule has 4 heteroatoms. The first-order valence-electron chi connectivity index (χ1n) is 6.88. The van der Waals surface area contributed by atoms with Crippen molar-refractivity contribution < 1.29 is 9.53 Å². The van der Waals surface area contributed by atoms with Gasteiger partial charge in [-0.1, -0.05) is 29.8 Å². The number of anilines is 1. The van der Waals surface area contributed by atoms with E-state index in [9.17, 15) is 4.79 Å². The SMILES string of the molecule is Cc1ccc2c(c1)N(Cc1ccc(Cl)cc1)C(=O)[C@@H](C)O2. The van der Waals surface area contributed by atoms with Gasteiger partial charge in [0.05, 0.1) is 12.2 Å². The van der Waals surface area contributed by atoms with E-state index >= 15 is 0 Å². The number of aryl methyl sites for hydroxylation is 1. The van der Waals surface area contributed by atoms with E-state index in [1.807, 2.05) is 49.4 Å². The number of carbonyl (C=O) groups is 1. The van der Waals surface area contributed by atoms with Gasteiger partial charge in [-0.05, 0) is 49.2 Å². The molecule has 0 fully saturated rings. The van der Waals surface area contributed by atoms with Crippen molar-refractivity contribution in [3.8, 4) is 5.75 Å². The number of amides is 1. The minimum atomic E-state index is -0.465.